The van der Waals surface area contributed by atoms with Crippen LogP contribution in [0.3, 0.4) is 0 Å². The Kier molecular flexibility index (Phi) is 4.61. The molecule has 9 nitrogen and oxygen atoms in total. The summed E-state index contributed by atoms with van der Waals surface area (Å²) in [4.78, 5) is 24.2. The highest BCUT2D eigenvalue weighted by atomic mass is 16.5. The Morgan fingerprint density at radius 1 is 1.12 bits per heavy atom. The Morgan fingerprint density at radius 3 is 2.31 bits per heavy atom. The molecular weight excluding hydrogens is 338 g/mol. The number of amides is 1. The molecule has 9 heteroatoms. The zero-order valence-corrected chi connectivity index (χ0v) is 14.9. The summed E-state index contributed by atoms with van der Waals surface area (Å²) in [6.45, 7) is 0. The van der Waals surface area contributed by atoms with Gasteiger partial charge in [0, 0.05) is 13.5 Å². The fourth-order valence-electron chi connectivity index (χ4n) is 2.80. The Morgan fingerprint density at radius 2 is 1.77 bits per heavy atom. The van der Waals surface area contributed by atoms with Crippen LogP contribution in [0.25, 0.3) is 11.2 Å². The molecule has 0 atom stereocenters. The monoisotopic (exact) mass is 357 g/mol. The number of aryl methyl sites for hydroxylation is 1. The molecule has 0 bridgehead atoms. The van der Waals surface area contributed by atoms with Gasteiger partial charge in [0.1, 0.15) is 17.7 Å². The van der Waals surface area contributed by atoms with Crippen molar-refractivity contribution in [2.24, 2.45) is 12.8 Å². The molecule has 26 heavy (non-hydrogen) atoms. The Hall–Kier alpha value is -3.36. The van der Waals surface area contributed by atoms with Crippen molar-refractivity contribution < 1.29 is 19.0 Å². The second kappa shape index (κ2) is 6.87. The SMILES string of the molecule is COc1cc(Cc2nc3c(C(N)=O)ncnc3n2C)cc(OC)c1OC. The van der Waals surface area contributed by atoms with Crippen LogP contribution in [-0.2, 0) is 13.5 Å². The number of fused-ring (bicyclic) bond motifs is 1. The number of imidazole rings is 1. The average Bonchev–Trinajstić information content (AvgIpc) is 2.96. The van der Waals surface area contributed by atoms with Crippen LogP contribution in [0.2, 0.25) is 0 Å². The number of rotatable bonds is 6. The molecule has 0 aliphatic rings. The van der Waals surface area contributed by atoms with Gasteiger partial charge in [-0.25, -0.2) is 15.0 Å². The van der Waals surface area contributed by atoms with E-state index in [-0.39, 0.29) is 5.69 Å². The van der Waals surface area contributed by atoms with Gasteiger partial charge in [-0.3, -0.25) is 4.79 Å². The molecule has 0 aliphatic carbocycles. The molecule has 3 rings (SSSR count). The number of carbonyl (C=O) groups excluding carboxylic acids is 1. The molecule has 1 aromatic carbocycles. The van der Waals surface area contributed by atoms with E-state index in [1.54, 1.807) is 25.9 Å². The van der Waals surface area contributed by atoms with Crippen molar-refractivity contribution in [1.29, 1.82) is 0 Å². The largest absolute Gasteiger partial charge is 0.493 e. The van der Waals surface area contributed by atoms with Crippen molar-refractivity contribution in [1.82, 2.24) is 19.5 Å². The maximum Gasteiger partial charge on any atom is 0.269 e. The number of methoxy groups -OCH3 is 3. The molecule has 0 saturated heterocycles. The zero-order valence-electron chi connectivity index (χ0n) is 14.9. The molecule has 0 spiro atoms. The summed E-state index contributed by atoms with van der Waals surface area (Å²) in [6.07, 6.45) is 1.76. The van der Waals surface area contributed by atoms with Gasteiger partial charge in [-0.05, 0) is 17.7 Å². The third-order valence-corrected chi connectivity index (χ3v) is 4.07. The van der Waals surface area contributed by atoms with Gasteiger partial charge in [0.2, 0.25) is 5.75 Å². The van der Waals surface area contributed by atoms with Gasteiger partial charge in [-0.1, -0.05) is 0 Å². The van der Waals surface area contributed by atoms with Gasteiger partial charge < -0.3 is 24.5 Å². The summed E-state index contributed by atoms with van der Waals surface area (Å²) >= 11 is 0. The van der Waals surface area contributed by atoms with E-state index in [9.17, 15) is 4.79 Å². The lowest BCUT2D eigenvalue weighted by Gasteiger charge is -2.14. The first-order valence-corrected chi connectivity index (χ1v) is 7.75. The van der Waals surface area contributed by atoms with Crippen molar-refractivity contribution >= 4 is 17.1 Å². The summed E-state index contributed by atoms with van der Waals surface area (Å²) in [5.41, 5.74) is 7.29. The zero-order chi connectivity index (χ0) is 18.8. The van der Waals surface area contributed by atoms with Gasteiger partial charge in [0.05, 0.1) is 21.3 Å². The summed E-state index contributed by atoms with van der Waals surface area (Å²) in [7, 11) is 6.49. The minimum absolute atomic E-state index is 0.0988. The van der Waals surface area contributed by atoms with Gasteiger partial charge >= 0.3 is 0 Å². The van der Waals surface area contributed by atoms with Crippen LogP contribution in [0.5, 0.6) is 17.2 Å². The van der Waals surface area contributed by atoms with Crippen molar-refractivity contribution in [2.75, 3.05) is 21.3 Å². The second-order valence-electron chi connectivity index (χ2n) is 5.56. The van der Waals surface area contributed by atoms with E-state index in [2.05, 4.69) is 15.0 Å². The predicted molar refractivity (Wildman–Crippen MR) is 93.7 cm³/mol. The highest BCUT2D eigenvalue weighted by molar-refractivity contribution is 6.01. The number of carbonyl (C=O) groups is 1. The molecule has 2 N–H and O–H groups in total. The fraction of sp³-hybridized carbons (Fsp3) is 0.294. The highest BCUT2D eigenvalue weighted by Crippen LogP contribution is 2.38. The lowest BCUT2D eigenvalue weighted by Crippen LogP contribution is -2.14. The first kappa shape index (κ1) is 17.5. The van der Waals surface area contributed by atoms with Crippen molar-refractivity contribution in [3.8, 4) is 17.2 Å². The minimum Gasteiger partial charge on any atom is -0.493 e. The van der Waals surface area contributed by atoms with E-state index >= 15 is 0 Å². The van der Waals surface area contributed by atoms with Crippen LogP contribution < -0.4 is 19.9 Å². The van der Waals surface area contributed by atoms with Crippen molar-refractivity contribution in [2.45, 2.75) is 6.42 Å². The number of nitrogens with two attached hydrogens (primary N) is 1. The molecule has 136 valence electrons. The number of benzene rings is 1. The first-order chi connectivity index (χ1) is 12.5. The Bertz CT molecular complexity index is 958. The lowest BCUT2D eigenvalue weighted by atomic mass is 10.1. The quantitative estimate of drug-likeness (QED) is 0.702. The predicted octanol–water partition coefficient (Wildman–Crippen LogP) is 1.08. The molecule has 0 aliphatic heterocycles. The highest BCUT2D eigenvalue weighted by Gasteiger charge is 2.19. The molecule has 0 unspecified atom stereocenters. The molecule has 0 saturated carbocycles. The van der Waals surface area contributed by atoms with Gasteiger partial charge in [0.15, 0.2) is 22.8 Å². The van der Waals surface area contributed by atoms with Crippen LogP contribution in [0.4, 0.5) is 0 Å². The molecule has 3 aromatic rings. The maximum atomic E-state index is 11.6. The van der Waals surface area contributed by atoms with Crippen LogP contribution >= 0.6 is 0 Å². The van der Waals surface area contributed by atoms with Gasteiger partial charge in [0.25, 0.3) is 5.91 Å². The van der Waals surface area contributed by atoms with Crippen LogP contribution in [0, 0.1) is 0 Å². The number of nitrogens with zero attached hydrogens (tertiary/aromatic N) is 4. The number of hydrogen-bond acceptors (Lipinski definition) is 7. The van der Waals surface area contributed by atoms with Crippen molar-refractivity contribution in [3.05, 3.63) is 35.5 Å². The molecule has 2 aromatic heterocycles. The molecule has 0 fully saturated rings. The second-order valence-corrected chi connectivity index (χ2v) is 5.56. The normalized spacial score (nSPS) is 10.8. The number of primary amides is 1. The summed E-state index contributed by atoms with van der Waals surface area (Å²) in [6, 6.07) is 3.70. The van der Waals surface area contributed by atoms with E-state index in [4.69, 9.17) is 19.9 Å². The standard InChI is InChI=1S/C17H19N5O4/c1-22-12(21-14-13(16(18)23)19-8-20-17(14)22)7-9-5-10(24-2)15(26-4)11(6-9)25-3/h5-6,8H,7H2,1-4H3,(H2,18,23). The van der Waals surface area contributed by atoms with Crippen molar-refractivity contribution in [3.63, 3.8) is 0 Å². The van der Waals surface area contributed by atoms with E-state index in [0.717, 1.165) is 5.56 Å². The number of hydrogen-bond donors (Lipinski definition) is 1. The summed E-state index contributed by atoms with van der Waals surface area (Å²) in [5.74, 6) is 1.68. The van der Waals surface area contributed by atoms with E-state index in [1.807, 2.05) is 19.2 Å². The Labute approximate surface area is 149 Å². The first-order valence-electron chi connectivity index (χ1n) is 7.75. The third-order valence-electron chi connectivity index (χ3n) is 4.07. The van der Waals surface area contributed by atoms with Crippen LogP contribution in [0.1, 0.15) is 21.9 Å². The van der Waals surface area contributed by atoms with Crippen LogP contribution in [-0.4, -0.2) is 46.8 Å². The summed E-state index contributed by atoms with van der Waals surface area (Å²) in [5, 5.41) is 0. The third kappa shape index (κ3) is 2.87. The maximum absolute atomic E-state index is 11.6. The Balaban J connectivity index is 2.08. The van der Waals surface area contributed by atoms with Gasteiger partial charge in [-0.15, -0.1) is 0 Å². The number of aromatic nitrogens is 4. The van der Waals surface area contributed by atoms with Gasteiger partial charge in [-0.2, -0.15) is 0 Å². The summed E-state index contributed by atoms with van der Waals surface area (Å²) < 4.78 is 17.9. The number of ether oxygens (including phenoxy) is 3. The van der Waals surface area contributed by atoms with Crippen LogP contribution in [0.15, 0.2) is 18.5 Å². The molecule has 0 radical (unpaired) electrons. The topological polar surface area (TPSA) is 114 Å². The van der Waals surface area contributed by atoms with E-state index in [0.29, 0.717) is 40.7 Å². The molecular formula is C17H19N5O4. The smallest absolute Gasteiger partial charge is 0.269 e. The van der Waals surface area contributed by atoms with E-state index in [1.165, 1.54) is 6.33 Å². The molecule has 2 heterocycles. The lowest BCUT2D eigenvalue weighted by molar-refractivity contribution is 0.0997. The molecule has 1 amide bonds. The average molecular weight is 357 g/mol. The fourth-order valence-corrected chi connectivity index (χ4v) is 2.80. The minimum atomic E-state index is -0.644. The van der Waals surface area contributed by atoms with E-state index < -0.39 is 5.91 Å².